The Morgan fingerprint density at radius 2 is 1.23 bits per heavy atom. The Bertz CT molecular complexity index is 626. The van der Waals surface area contributed by atoms with Crippen molar-refractivity contribution in [2.24, 2.45) is 0 Å². The summed E-state index contributed by atoms with van der Waals surface area (Å²) in [5, 5.41) is -0.753. The summed E-state index contributed by atoms with van der Waals surface area (Å²) >= 11 is 7.75. The van der Waals surface area contributed by atoms with Crippen LogP contribution in [0.5, 0.6) is 0 Å². The normalized spacial score (nSPS) is 13.5. The van der Waals surface area contributed by atoms with E-state index in [1.54, 1.807) is 11.8 Å². The summed E-state index contributed by atoms with van der Waals surface area (Å²) in [4.78, 5) is 1.15. The number of hydrogen-bond donors (Lipinski definition) is 0. The van der Waals surface area contributed by atoms with Gasteiger partial charge < -0.3 is 18.1 Å². The number of benzene rings is 1. The van der Waals surface area contributed by atoms with Gasteiger partial charge in [0.25, 0.3) is 0 Å². The lowest BCUT2D eigenvalue weighted by Gasteiger charge is -2.35. The third-order valence-electron chi connectivity index (χ3n) is 3.99. The van der Waals surface area contributed by atoms with Crippen molar-refractivity contribution in [1.82, 2.24) is 0 Å². The third-order valence-corrected chi connectivity index (χ3v) is 12.3. The van der Waals surface area contributed by atoms with E-state index in [0.29, 0.717) is 26.4 Å². The minimum atomic E-state index is -3.63. The fourth-order valence-corrected chi connectivity index (χ4v) is 10.9. The van der Waals surface area contributed by atoms with Crippen LogP contribution in [0.1, 0.15) is 71.3 Å². The fourth-order valence-electron chi connectivity index (χ4n) is 2.67. The highest BCUT2D eigenvalue weighted by atomic mass is 32.5. The zero-order chi connectivity index (χ0) is 22.5. The smallest absolute Gasteiger partial charge is 0.328 e. The highest BCUT2D eigenvalue weighted by molar-refractivity contribution is 8.12. The molecule has 174 valence electrons. The van der Waals surface area contributed by atoms with Gasteiger partial charge in [-0.25, -0.2) is 0 Å². The second kappa shape index (κ2) is 15.2. The summed E-state index contributed by atoms with van der Waals surface area (Å²) in [5.41, 5.74) is 0.793. The molecule has 0 N–H and O–H groups in total. The summed E-state index contributed by atoms with van der Waals surface area (Å²) in [6.07, 6.45) is 3.05. The zero-order valence-corrected chi connectivity index (χ0v) is 22.4. The molecule has 1 rings (SSSR count). The summed E-state index contributed by atoms with van der Waals surface area (Å²) in [7, 11) is -3.63. The van der Waals surface area contributed by atoms with Gasteiger partial charge in [0.1, 0.15) is 0 Å². The Labute approximate surface area is 192 Å². The Morgan fingerprint density at radius 3 is 1.63 bits per heavy atom. The van der Waals surface area contributed by atoms with Crippen LogP contribution in [0.2, 0.25) is 0 Å². The van der Waals surface area contributed by atoms with Crippen molar-refractivity contribution < 1.29 is 22.7 Å². The molecule has 0 aromatic heterocycles. The first-order chi connectivity index (χ1) is 14.4. The third kappa shape index (κ3) is 8.67. The van der Waals surface area contributed by atoms with Gasteiger partial charge in [0, 0.05) is 4.90 Å². The first-order valence-electron chi connectivity index (χ1n) is 10.9. The SMILES string of the molecule is CCCOP(=O)(OCCC)C(c1ccc(SCC)cc1)P(=S)(OCCC)OCCC. The summed E-state index contributed by atoms with van der Waals surface area (Å²) in [5.74, 6) is 0.984. The average molecular weight is 497 g/mol. The predicted octanol–water partition coefficient (Wildman–Crippen LogP) is 8.01. The van der Waals surface area contributed by atoms with E-state index in [4.69, 9.17) is 29.9 Å². The molecule has 9 heteroatoms. The van der Waals surface area contributed by atoms with Crippen LogP contribution in [0.15, 0.2) is 29.2 Å². The molecule has 5 nitrogen and oxygen atoms in total. The van der Waals surface area contributed by atoms with Crippen molar-refractivity contribution in [3.8, 4) is 0 Å². The molecule has 30 heavy (non-hydrogen) atoms. The van der Waals surface area contributed by atoms with Crippen molar-refractivity contribution in [3.05, 3.63) is 29.8 Å². The van der Waals surface area contributed by atoms with Crippen LogP contribution < -0.4 is 0 Å². The fraction of sp³-hybridized carbons (Fsp3) is 0.714. The lowest BCUT2D eigenvalue weighted by atomic mass is 10.2. The van der Waals surface area contributed by atoms with E-state index in [2.05, 4.69) is 6.92 Å². The van der Waals surface area contributed by atoms with E-state index in [9.17, 15) is 4.57 Å². The molecule has 1 aromatic carbocycles. The maximum atomic E-state index is 14.2. The Kier molecular flexibility index (Phi) is 14.3. The van der Waals surface area contributed by atoms with Crippen LogP contribution in [0, 0.1) is 0 Å². The Hall–Kier alpha value is 0.290. The molecule has 1 atom stereocenters. The first-order valence-corrected chi connectivity index (χ1v) is 16.2. The standard InChI is InChI=1S/C21H38O5P2S2/c1-6-15-23-27(22,24-16-7-2)21(19-11-13-20(14-12-19)30-10-5)28(29,25-17-8-3)26-18-9-4/h11-14,21H,6-10,15-18H2,1-5H3. The second-order valence-electron chi connectivity index (χ2n) is 6.79. The molecule has 0 fully saturated rings. The molecular weight excluding hydrogens is 458 g/mol. The van der Waals surface area contributed by atoms with Crippen molar-refractivity contribution in [1.29, 1.82) is 0 Å². The molecule has 1 unspecified atom stereocenters. The number of rotatable bonds is 17. The van der Waals surface area contributed by atoms with Gasteiger partial charge in [-0.15, -0.1) is 11.8 Å². The van der Waals surface area contributed by atoms with Crippen LogP contribution in [0.4, 0.5) is 0 Å². The largest absolute Gasteiger partial charge is 0.347 e. The topological polar surface area (TPSA) is 54.0 Å². The summed E-state index contributed by atoms with van der Waals surface area (Å²) in [6.45, 7) is 8.67. The van der Waals surface area contributed by atoms with Crippen LogP contribution in [-0.4, -0.2) is 32.2 Å². The highest BCUT2D eigenvalue weighted by Gasteiger charge is 2.48. The molecule has 0 amide bonds. The van der Waals surface area contributed by atoms with Gasteiger partial charge in [0.05, 0.1) is 26.4 Å². The molecule has 0 spiro atoms. The van der Waals surface area contributed by atoms with Gasteiger partial charge in [-0.3, -0.25) is 4.57 Å². The lowest BCUT2D eigenvalue weighted by molar-refractivity contribution is 0.195. The minimum absolute atomic E-state index is 0.331. The van der Waals surface area contributed by atoms with Crippen molar-refractivity contribution in [3.63, 3.8) is 0 Å². The van der Waals surface area contributed by atoms with E-state index in [-0.39, 0.29) is 0 Å². The van der Waals surface area contributed by atoms with Gasteiger partial charge in [-0.05, 0) is 60.9 Å². The van der Waals surface area contributed by atoms with Crippen LogP contribution in [-0.2, 0) is 34.5 Å². The van der Waals surface area contributed by atoms with Gasteiger partial charge in [0.15, 0.2) is 5.40 Å². The minimum Gasteiger partial charge on any atom is -0.328 e. The molecule has 0 aliphatic heterocycles. The van der Waals surface area contributed by atoms with Crippen LogP contribution >= 0.6 is 25.8 Å². The van der Waals surface area contributed by atoms with E-state index in [1.807, 2.05) is 52.0 Å². The predicted molar refractivity (Wildman–Crippen MR) is 132 cm³/mol. The van der Waals surface area contributed by atoms with E-state index in [0.717, 1.165) is 41.9 Å². The molecule has 0 radical (unpaired) electrons. The van der Waals surface area contributed by atoms with Gasteiger partial charge in [-0.2, -0.15) is 0 Å². The summed E-state index contributed by atoms with van der Waals surface area (Å²) < 4.78 is 38.3. The van der Waals surface area contributed by atoms with E-state index >= 15 is 0 Å². The molecular formula is C21H38O5P2S2. The van der Waals surface area contributed by atoms with Gasteiger partial charge in [0.2, 0.25) is 6.49 Å². The quantitative estimate of drug-likeness (QED) is 0.160. The lowest BCUT2D eigenvalue weighted by Crippen LogP contribution is -2.13. The molecule has 0 aliphatic rings. The Balaban J connectivity index is 3.52. The molecule has 0 aliphatic carbocycles. The van der Waals surface area contributed by atoms with Crippen LogP contribution in [0.25, 0.3) is 0 Å². The van der Waals surface area contributed by atoms with E-state index in [1.165, 1.54) is 0 Å². The van der Waals surface area contributed by atoms with Gasteiger partial charge >= 0.3 is 7.60 Å². The van der Waals surface area contributed by atoms with Gasteiger partial charge in [-0.1, -0.05) is 46.8 Å². The monoisotopic (exact) mass is 496 g/mol. The maximum absolute atomic E-state index is 14.2. The number of thioether (sulfide) groups is 1. The molecule has 1 aromatic rings. The number of hydrogen-bond acceptors (Lipinski definition) is 7. The molecule has 0 heterocycles. The van der Waals surface area contributed by atoms with Crippen molar-refractivity contribution in [2.45, 2.75) is 70.6 Å². The van der Waals surface area contributed by atoms with Crippen LogP contribution in [0.3, 0.4) is 0 Å². The Morgan fingerprint density at radius 1 is 0.800 bits per heavy atom. The molecule has 0 saturated heterocycles. The molecule has 0 saturated carbocycles. The van der Waals surface area contributed by atoms with E-state index < -0.39 is 19.5 Å². The highest BCUT2D eigenvalue weighted by Crippen LogP contribution is 2.79. The maximum Gasteiger partial charge on any atom is 0.347 e. The summed E-state index contributed by atoms with van der Waals surface area (Å²) in [6, 6.07) is 7.98. The molecule has 0 bridgehead atoms. The van der Waals surface area contributed by atoms with Crippen molar-refractivity contribution in [2.75, 3.05) is 32.2 Å². The first kappa shape index (κ1) is 28.3. The second-order valence-corrected chi connectivity index (χ2v) is 14.3. The van der Waals surface area contributed by atoms with Crippen molar-refractivity contribution >= 4 is 37.7 Å². The zero-order valence-electron chi connectivity index (χ0n) is 19.0. The average Bonchev–Trinajstić information content (AvgIpc) is 2.75.